The Bertz CT molecular complexity index is 1690. The minimum atomic E-state index is -0.00138. The van der Waals surface area contributed by atoms with E-state index in [0.717, 1.165) is 61.8 Å². The third-order valence-corrected chi connectivity index (χ3v) is 11.7. The Morgan fingerprint density at radius 2 is 1.87 bits per heavy atom. The molecule has 0 spiro atoms. The molecule has 244 valence electrons. The highest BCUT2D eigenvalue weighted by Gasteiger charge is 2.56. The number of guanidine groups is 1. The Morgan fingerprint density at radius 3 is 2.59 bits per heavy atom. The fourth-order valence-corrected chi connectivity index (χ4v) is 8.53. The van der Waals surface area contributed by atoms with Crippen molar-refractivity contribution in [3.63, 3.8) is 0 Å². The van der Waals surface area contributed by atoms with Crippen molar-refractivity contribution in [2.75, 3.05) is 38.0 Å². The van der Waals surface area contributed by atoms with E-state index in [4.69, 9.17) is 21.6 Å². The summed E-state index contributed by atoms with van der Waals surface area (Å²) in [6, 6.07) is 13.9. The molecule has 5 aliphatic rings. The molecule has 3 aliphatic carbocycles. The number of benzene rings is 2. The zero-order valence-corrected chi connectivity index (χ0v) is 27.9. The summed E-state index contributed by atoms with van der Waals surface area (Å²) in [5.74, 6) is 3.66. The van der Waals surface area contributed by atoms with Gasteiger partial charge in [0.15, 0.2) is 5.96 Å². The topological polar surface area (TPSA) is 104 Å². The van der Waals surface area contributed by atoms with Crippen molar-refractivity contribution in [3.05, 3.63) is 69.2 Å². The summed E-state index contributed by atoms with van der Waals surface area (Å²) >= 11 is 6.11. The van der Waals surface area contributed by atoms with Gasteiger partial charge < -0.3 is 20.9 Å². The molecule has 4 atom stereocenters. The van der Waals surface area contributed by atoms with Crippen molar-refractivity contribution in [2.24, 2.45) is 28.2 Å². The fourth-order valence-electron chi connectivity index (χ4n) is 8.41. The Hall–Kier alpha value is -3.43. The first-order chi connectivity index (χ1) is 22.2. The van der Waals surface area contributed by atoms with Crippen molar-refractivity contribution in [1.29, 1.82) is 0 Å². The Labute approximate surface area is 276 Å². The number of hydrogen-bond acceptors (Lipinski definition) is 5. The Balaban J connectivity index is 1.21. The van der Waals surface area contributed by atoms with Gasteiger partial charge in [0.25, 0.3) is 5.56 Å². The summed E-state index contributed by atoms with van der Waals surface area (Å²) in [5, 5.41) is 11.3. The first-order valence-corrected chi connectivity index (χ1v) is 17.4. The second kappa shape index (κ2) is 12.6. The predicted octanol–water partition coefficient (Wildman–Crippen LogP) is 5.03. The van der Waals surface area contributed by atoms with Gasteiger partial charge in [-0.25, -0.2) is 9.98 Å². The number of aromatic nitrogens is 2. The van der Waals surface area contributed by atoms with Gasteiger partial charge >= 0.3 is 0 Å². The number of anilines is 1. The largest absolute Gasteiger partial charge is 0.353 e. The third kappa shape index (κ3) is 6.04. The quantitative estimate of drug-likeness (QED) is 0.257. The van der Waals surface area contributed by atoms with E-state index in [9.17, 15) is 9.59 Å². The van der Waals surface area contributed by atoms with Crippen LogP contribution in [0.1, 0.15) is 63.8 Å². The van der Waals surface area contributed by atoms with Gasteiger partial charge in [-0.15, -0.1) is 0 Å². The minimum absolute atomic E-state index is 0.00138. The number of piperidine rings is 1. The Morgan fingerprint density at radius 1 is 1.09 bits per heavy atom. The number of aryl methyl sites for hydroxylation is 1. The maximum atomic E-state index is 14.1. The van der Waals surface area contributed by atoms with Crippen molar-refractivity contribution in [1.82, 2.24) is 25.1 Å². The van der Waals surface area contributed by atoms with Gasteiger partial charge in [-0.1, -0.05) is 44.5 Å². The van der Waals surface area contributed by atoms with Crippen LogP contribution in [0.2, 0.25) is 5.02 Å². The number of hydrogen-bond donors (Lipinski definition) is 3. The molecule has 3 saturated carbocycles. The number of aliphatic imine (C=N–C) groups is 1. The monoisotopic (exact) mass is 643 g/mol. The predicted molar refractivity (Wildman–Crippen MR) is 185 cm³/mol. The highest BCUT2D eigenvalue weighted by atomic mass is 35.5. The molecule has 2 bridgehead atoms. The molecule has 9 nitrogen and oxygen atoms in total. The second-order valence-corrected chi connectivity index (χ2v) is 14.9. The number of amides is 1. The molecule has 0 radical (unpaired) electrons. The molecule has 2 saturated heterocycles. The van der Waals surface area contributed by atoms with E-state index in [0.29, 0.717) is 58.7 Å². The van der Waals surface area contributed by atoms with E-state index in [1.54, 1.807) is 0 Å². The van der Waals surface area contributed by atoms with Gasteiger partial charge in [-0.05, 0) is 104 Å². The van der Waals surface area contributed by atoms with Crippen LogP contribution >= 0.6 is 11.6 Å². The lowest BCUT2D eigenvalue weighted by Crippen LogP contribution is -2.57. The highest BCUT2D eigenvalue weighted by molar-refractivity contribution is 6.30. The SMILES string of the molecule is C[C@@H]1C(N=C(Nc2ccc3c(=O)n(CCc4ccc(Cl)cc4)c(C4CCNCC4)nc3c2)N2CCNC(=O)C2)C[C@H]2C[C@@H]1C2(C)C. The van der Waals surface area contributed by atoms with Crippen LogP contribution in [-0.4, -0.2) is 65.1 Å². The van der Waals surface area contributed by atoms with Crippen molar-refractivity contribution < 1.29 is 4.79 Å². The normalized spacial score (nSPS) is 26.5. The van der Waals surface area contributed by atoms with Crippen LogP contribution in [0.25, 0.3) is 10.9 Å². The molecule has 2 aromatic carbocycles. The van der Waals surface area contributed by atoms with Gasteiger partial charge in [0.2, 0.25) is 5.91 Å². The number of nitrogens with zero attached hydrogens (tertiary/aromatic N) is 4. The molecule has 1 amide bonds. The van der Waals surface area contributed by atoms with Crippen molar-refractivity contribution in [3.8, 4) is 0 Å². The molecule has 3 N–H and O–H groups in total. The molecule has 5 fully saturated rings. The van der Waals surface area contributed by atoms with Crippen LogP contribution in [0.5, 0.6) is 0 Å². The van der Waals surface area contributed by atoms with Gasteiger partial charge in [-0.3, -0.25) is 14.2 Å². The maximum absolute atomic E-state index is 14.1. The summed E-state index contributed by atoms with van der Waals surface area (Å²) < 4.78 is 1.90. The minimum Gasteiger partial charge on any atom is -0.353 e. The molecule has 10 heteroatoms. The van der Waals surface area contributed by atoms with Crippen molar-refractivity contribution >= 4 is 40.1 Å². The summed E-state index contributed by atoms with van der Waals surface area (Å²) in [4.78, 5) is 39.1. The number of piperazine rings is 1. The van der Waals surface area contributed by atoms with Crippen LogP contribution in [0.15, 0.2) is 52.3 Å². The first kappa shape index (κ1) is 31.2. The lowest BCUT2D eigenvalue weighted by atomic mass is 9.45. The summed E-state index contributed by atoms with van der Waals surface area (Å²) in [6.07, 6.45) is 4.99. The highest BCUT2D eigenvalue weighted by Crippen LogP contribution is 2.61. The van der Waals surface area contributed by atoms with Crippen LogP contribution in [0, 0.1) is 23.2 Å². The van der Waals surface area contributed by atoms with Gasteiger partial charge in [-0.2, -0.15) is 0 Å². The van der Waals surface area contributed by atoms with Gasteiger partial charge in [0.1, 0.15) is 5.82 Å². The number of nitrogens with one attached hydrogen (secondary N) is 3. The van der Waals surface area contributed by atoms with E-state index < -0.39 is 0 Å². The van der Waals surface area contributed by atoms with E-state index in [1.807, 2.05) is 47.0 Å². The summed E-state index contributed by atoms with van der Waals surface area (Å²) in [7, 11) is 0. The Kier molecular flexibility index (Phi) is 8.57. The average Bonchev–Trinajstić information content (AvgIpc) is 3.05. The lowest BCUT2D eigenvalue weighted by molar-refractivity contribution is -0.122. The second-order valence-electron chi connectivity index (χ2n) is 14.4. The molecule has 1 unspecified atom stereocenters. The molecule has 3 heterocycles. The fraction of sp³-hybridized carbons (Fsp3) is 0.556. The van der Waals surface area contributed by atoms with Crippen LogP contribution < -0.4 is 21.5 Å². The van der Waals surface area contributed by atoms with Crippen LogP contribution in [0.3, 0.4) is 0 Å². The zero-order valence-electron chi connectivity index (χ0n) is 27.2. The smallest absolute Gasteiger partial charge is 0.261 e. The van der Waals surface area contributed by atoms with Crippen LogP contribution in [-0.2, 0) is 17.8 Å². The maximum Gasteiger partial charge on any atom is 0.261 e. The lowest BCUT2D eigenvalue weighted by Gasteiger charge is -2.61. The van der Waals surface area contributed by atoms with E-state index in [-0.39, 0.29) is 30.0 Å². The number of carbonyl (C=O) groups excluding carboxylic acids is 1. The number of carbonyl (C=O) groups is 1. The molecule has 8 rings (SSSR count). The molecule has 2 aliphatic heterocycles. The number of fused-ring (bicyclic) bond motifs is 3. The van der Waals surface area contributed by atoms with Gasteiger partial charge in [0, 0.05) is 36.3 Å². The molecular weight excluding hydrogens is 598 g/mol. The molecule has 3 aromatic rings. The van der Waals surface area contributed by atoms with Crippen LogP contribution in [0.4, 0.5) is 5.69 Å². The summed E-state index contributed by atoms with van der Waals surface area (Å²) in [6.45, 7) is 11.1. The van der Waals surface area contributed by atoms with E-state index in [1.165, 1.54) is 6.42 Å². The van der Waals surface area contributed by atoms with Gasteiger partial charge in [0.05, 0.1) is 23.5 Å². The zero-order chi connectivity index (χ0) is 32.0. The molecular formula is C36H46ClN7O2. The standard InChI is InChI=1S/C36H46ClN7O2/c1-22-29-18-25(36(29,2)3)19-30(22)42-35(43-17-15-39-32(45)21-43)40-27-8-9-28-31(20-27)41-33(24-10-13-38-14-11-24)44(34(28)46)16-12-23-4-6-26(37)7-5-23/h4-9,20,22,24-25,29-30,38H,10-19,21H2,1-3H3,(H,39,45)(H,40,42)/t22-,25+,29-,30?/m0/s1. The first-order valence-electron chi connectivity index (χ1n) is 17.0. The van der Waals surface area contributed by atoms with E-state index in [2.05, 4.69) is 41.6 Å². The summed E-state index contributed by atoms with van der Waals surface area (Å²) in [5.41, 5.74) is 3.03. The molecule has 1 aromatic heterocycles. The number of halogens is 1. The molecule has 46 heavy (non-hydrogen) atoms. The van der Waals surface area contributed by atoms with E-state index >= 15 is 0 Å². The van der Waals surface area contributed by atoms with Crippen molar-refractivity contribution in [2.45, 2.75) is 71.4 Å². The number of rotatable bonds is 6. The average molecular weight is 644 g/mol. The third-order valence-electron chi connectivity index (χ3n) is 11.4.